The Bertz CT molecular complexity index is 551. The quantitative estimate of drug-likeness (QED) is 0.673. The zero-order chi connectivity index (χ0) is 15.6. The van der Waals surface area contributed by atoms with Gasteiger partial charge in [0.15, 0.2) is 0 Å². The van der Waals surface area contributed by atoms with Gasteiger partial charge in [0.2, 0.25) is 0 Å². The molecular weight excluding hydrogens is 274 g/mol. The Morgan fingerprint density at radius 3 is 2.38 bits per heavy atom. The summed E-state index contributed by atoms with van der Waals surface area (Å²) in [5.74, 6) is -1.27. The number of carboxylic acid groups (broad SMARTS) is 1. The van der Waals surface area contributed by atoms with E-state index in [1.807, 2.05) is 0 Å². The fourth-order valence-electron chi connectivity index (χ4n) is 2.55. The minimum Gasteiger partial charge on any atom is -0.477 e. The summed E-state index contributed by atoms with van der Waals surface area (Å²) in [7, 11) is 0. The highest BCUT2D eigenvalue weighted by Gasteiger charge is 2.24. The lowest BCUT2D eigenvalue weighted by molar-refractivity contribution is -0.385. The molecule has 1 aromatic carbocycles. The van der Waals surface area contributed by atoms with E-state index in [1.165, 1.54) is 12.1 Å². The monoisotopic (exact) mass is 293 g/mol. The standard InChI is InChI=1S/C14H19N3O4/c1-10(2)15-5-7-16(8-6-15)11-3-4-13(17(20)21)12(9-11)14(18)19/h3-4,9-10H,5-8H2,1-2H3,(H,18,19). The van der Waals surface area contributed by atoms with Crippen molar-refractivity contribution in [3.63, 3.8) is 0 Å². The summed E-state index contributed by atoms with van der Waals surface area (Å²) in [5, 5.41) is 20.0. The number of carbonyl (C=O) groups is 1. The molecule has 0 aliphatic carbocycles. The number of carboxylic acids is 1. The number of nitro groups is 1. The number of nitrogens with zero attached hydrogens (tertiary/aromatic N) is 3. The lowest BCUT2D eigenvalue weighted by Gasteiger charge is -2.38. The SMILES string of the molecule is CC(C)N1CCN(c2ccc([N+](=O)[O-])c(C(=O)O)c2)CC1. The molecule has 1 saturated heterocycles. The second-order valence-corrected chi connectivity index (χ2v) is 5.38. The van der Waals surface area contributed by atoms with Crippen LogP contribution in [0.4, 0.5) is 11.4 Å². The second-order valence-electron chi connectivity index (χ2n) is 5.38. The summed E-state index contributed by atoms with van der Waals surface area (Å²) in [5.41, 5.74) is 0.0947. The van der Waals surface area contributed by atoms with E-state index in [2.05, 4.69) is 23.6 Å². The molecule has 0 bridgehead atoms. The van der Waals surface area contributed by atoms with Gasteiger partial charge in [0, 0.05) is 44.0 Å². The minimum absolute atomic E-state index is 0.260. The van der Waals surface area contributed by atoms with Crippen molar-refractivity contribution in [2.75, 3.05) is 31.1 Å². The van der Waals surface area contributed by atoms with Crippen LogP contribution in [-0.2, 0) is 0 Å². The molecule has 0 amide bonds. The molecule has 0 atom stereocenters. The third-order valence-corrected chi connectivity index (χ3v) is 3.82. The Kier molecular flexibility index (Phi) is 4.42. The van der Waals surface area contributed by atoms with E-state index in [1.54, 1.807) is 6.07 Å². The van der Waals surface area contributed by atoms with Gasteiger partial charge in [0.05, 0.1) is 4.92 Å². The first-order valence-electron chi connectivity index (χ1n) is 6.91. The summed E-state index contributed by atoms with van der Waals surface area (Å²) >= 11 is 0. The number of nitro benzene ring substituents is 1. The molecule has 0 unspecified atom stereocenters. The highest BCUT2D eigenvalue weighted by Crippen LogP contribution is 2.26. The Morgan fingerprint density at radius 2 is 1.90 bits per heavy atom. The van der Waals surface area contributed by atoms with Crippen LogP contribution in [-0.4, -0.2) is 53.1 Å². The van der Waals surface area contributed by atoms with Crippen LogP contribution in [0.2, 0.25) is 0 Å². The van der Waals surface area contributed by atoms with E-state index in [0.717, 1.165) is 31.9 Å². The first-order valence-corrected chi connectivity index (χ1v) is 6.91. The average Bonchev–Trinajstić information content (AvgIpc) is 2.46. The molecule has 0 saturated carbocycles. The number of hydrogen-bond acceptors (Lipinski definition) is 5. The fourth-order valence-corrected chi connectivity index (χ4v) is 2.55. The first-order chi connectivity index (χ1) is 9.90. The third kappa shape index (κ3) is 3.30. The number of piperazine rings is 1. The van der Waals surface area contributed by atoms with Crippen molar-refractivity contribution in [3.8, 4) is 0 Å². The van der Waals surface area contributed by atoms with Crippen LogP contribution >= 0.6 is 0 Å². The van der Waals surface area contributed by atoms with E-state index in [4.69, 9.17) is 5.11 Å². The summed E-state index contributed by atoms with van der Waals surface area (Å²) in [6, 6.07) is 4.77. The minimum atomic E-state index is -1.27. The van der Waals surface area contributed by atoms with Crippen molar-refractivity contribution in [3.05, 3.63) is 33.9 Å². The molecule has 0 radical (unpaired) electrons. The molecule has 1 aromatic rings. The molecule has 7 nitrogen and oxygen atoms in total. The Hall–Kier alpha value is -2.15. The third-order valence-electron chi connectivity index (χ3n) is 3.82. The molecule has 114 valence electrons. The van der Waals surface area contributed by atoms with Gasteiger partial charge in [-0.25, -0.2) is 4.79 Å². The summed E-state index contributed by atoms with van der Waals surface area (Å²) in [6.45, 7) is 7.66. The summed E-state index contributed by atoms with van der Waals surface area (Å²) in [4.78, 5) is 25.8. The predicted octanol–water partition coefficient (Wildman–Crippen LogP) is 1.82. The van der Waals surface area contributed by atoms with Gasteiger partial charge in [0.1, 0.15) is 5.56 Å². The van der Waals surface area contributed by atoms with Gasteiger partial charge in [0.25, 0.3) is 5.69 Å². The molecule has 1 fully saturated rings. The van der Waals surface area contributed by atoms with Crippen LogP contribution in [0, 0.1) is 10.1 Å². The highest BCUT2D eigenvalue weighted by molar-refractivity contribution is 5.93. The second kappa shape index (κ2) is 6.09. The highest BCUT2D eigenvalue weighted by atomic mass is 16.6. The first kappa shape index (κ1) is 15.2. The smallest absolute Gasteiger partial charge is 0.342 e. The van der Waals surface area contributed by atoms with Crippen LogP contribution in [0.5, 0.6) is 0 Å². The van der Waals surface area contributed by atoms with Gasteiger partial charge < -0.3 is 10.0 Å². The van der Waals surface area contributed by atoms with Crippen molar-refractivity contribution in [1.82, 2.24) is 4.90 Å². The van der Waals surface area contributed by atoms with E-state index >= 15 is 0 Å². The molecule has 1 aliphatic heterocycles. The molecule has 0 spiro atoms. The largest absolute Gasteiger partial charge is 0.477 e. The van der Waals surface area contributed by atoms with Crippen LogP contribution in [0.25, 0.3) is 0 Å². The van der Waals surface area contributed by atoms with Crippen LogP contribution < -0.4 is 4.90 Å². The van der Waals surface area contributed by atoms with Crippen molar-refractivity contribution in [2.45, 2.75) is 19.9 Å². The summed E-state index contributed by atoms with van der Waals surface area (Å²) < 4.78 is 0. The van der Waals surface area contributed by atoms with Crippen LogP contribution in [0.1, 0.15) is 24.2 Å². The molecule has 21 heavy (non-hydrogen) atoms. The number of hydrogen-bond donors (Lipinski definition) is 1. The van der Waals surface area contributed by atoms with E-state index < -0.39 is 10.9 Å². The molecule has 1 heterocycles. The van der Waals surface area contributed by atoms with Crippen molar-refractivity contribution >= 4 is 17.3 Å². The van der Waals surface area contributed by atoms with Crippen molar-refractivity contribution in [1.29, 1.82) is 0 Å². The summed E-state index contributed by atoms with van der Waals surface area (Å²) in [6.07, 6.45) is 0. The normalized spacial score (nSPS) is 16.2. The molecular formula is C14H19N3O4. The molecule has 1 N–H and O–H groups in total. The van der Waals surface area contributed by atoms with E-state index in [0.29, 0.717) is 6.04 Å². The maximum absolute atomic E-state index is 11.2. The number of rotatable bonds is 4. The van der Waals surface area contributed by atoms with Crippen LogP contribution in [0.15, 0.2) is 18.2 Å². The predicted molar refractivity (Wildman–Crippen MR) is 79.0 cm³/mol. The van der Waals surface area contributed by atoms with E-state index in [9.17, 15) is 14.9 Å². The molecule has 7 heteroatoms. The number of anilines is 1. The maximum Gasteiger partial charge on any atom is 0.342 e. The maximum atomic E-state index is 11.2. The lowest BCUT2D eigenvalue weighted by Crippen LogP contribution is -2.48. The Balaban J connectivity index is 2.20. The van der Waals surface area contributed by atoms with Crippen LogP contribution in [0.3, 0.4) is 0 Å². The zero-order valence-electron chi connectivity index (χ0n) is 12.2. The Morgan fingerprint density at radius 1 is 1.29 bits per heavy atom. The topological polar surface area (TPSA) is 86.9 Å². The van der Waals surface area contributed by atoms with Crippen molar-refractivity contribution in [2.24, 2.45) is 0 Å². The number of benzene rings is 1. The van der Waals surface area contributed by atoms with Gasteiger partial charge in [-0.15, -0.1) is 0 Å². The van der Waals surface area contributed by atoms with Crippen molar-refractivity contribution < 1.29 is 14.8 Å². The average molecular weight is 293 g/mol. The Labute approximate surface area is 122 Å². The van der Waals surface area contributed by atoms with Gasteiger partial charge in [-0.3, -0.25) is 15.0 Å². The fraction of sp³-hybridized carbons (Fsp3) is 0.500. The van der Waals surface area contributed by atoms with Gasteiger partial charge in [-0.2, -0.15) is 0 Å². The van der Waals surface area contributed by atoms with Gasteiger partial charge in [-0.1, -0.05) is 0 Å². The zero-order valence-corrected chi connectivity index (χ0v) is 12.2. The number of aromatic carboxylic acids is 1. The molecule has 2 rings (SSSR count). The lowest BCUT2D eigenvalue weighted by atomic mass is 10.1. The van der Waals surface area contributed by atoms with E-state index in [-0.39, 0.29) is 11.3 Å². The molecule has 1 aliphatic rings. The van der Waals surface area contributed by atoms with Gasteiger partial charge in [-0.05, 0) is 26.0 Å². The molecule has 0 aromatic heterocycles. The van der Waals surface area contributed by atoms with Gasteiger partial charge >= 0.3 is 5.97 Å².